The number of nitrogens with one attached hydrogen (secondary N) is 1. The third kappa shape index (κ3) is 4.91. The van der Waals surface area contributed by atoms with E-state index in [0.717, 1.165) is 5.56 Å². The number of rotatable bonds is 7. The summed E-state index contributed by atoms with van der Waals surface area (Å²) in [7, 11) is 0. The lowest BCUT2D eigenvalue weighted by Crippen LogP contribution is -2.26. The Balaban J connectivity index is 1.65. The lowest BCUT2D eigenvalue weighted by Gasteiger charge is -2.14. The molecule has 1 heterocycles. The molecule has 0 aliphatic carbocycles. The first kappa shape index (κ1) is 19.0. The number of nitro benzene ring substituents is 1. The van der Waals surface area contributed by atoms with E-state index in [1.54, 1.807) is 31.2 Å². The van der Waals surface area contributed by atoms with Crippen LogP contribution in [0.5, 0.6) is 5.88 Å². The highest BCUT2D eigenvalue weighted by molar-refractivity contribution is 5.94. The number of nitro groups is 1. The zero-order chi connectivity index (χ0) is 19.9. The van der Waals surface area contributed by atoms with E-state index >= 15 is 0 Å². The number of carbonyl (C=O) groups excluding carboxylic acids is 1. The number of aromatic nitrogens is 1. The SMILES string of the molecule is CC(NC(=O)c1ccnc(OCc2ccccc2)c1)c1cccc([N+](=O)[O-])c1. The molecule has 0 spiro atoms. The summed E-state index contributed by atoms with van der Waals surface area (Å²) >= 11 is 0. The highest BCUT2D eigenvalue weighted by Gasteiger charge is 2.15. The zero-order valence-corrected chi connectivity index (χ0v) is 15.2. The Labute approximate surface area is 162 Å². The highest BCUT2D eigenvalue weighted by Crippen LogP contribution is 2.20. The van der Waals surface area contributed by atoms with E-state index in [1.807, 2.05) is 30.3 Å². The maximum atomic E-state index is 12.5. The molecule has 0 saturated heterocycles. The van der Waals surface area contributed by atoms with Crippen LogP contribution >= 0.6 is 0 Å². The van der Waals surface area contributed by atoms with E-state index in [2.05, 4.69) is 10.3 Å². The van der Waals surface area contributed by atoms with Crippen LogP contribution in [0.25, 0.3) is 0 Å². The molecule has 0 aliphatic heterocycles. The lowest BCUT2D eigenvalue weighted by atomic mass is 10.1. The molecule has 7 heteroatoms. The zero-order valence-electron chi connectivity index (χ0n) is 15.2. The maximum Gasteiger partial charge on any atom is 0.269 e. The van der Waals surface area contributed by atoms with Crippen molar-refractivity contribution in [3.8, 4) is 5.88 Å². The second-order valence-corrected chi connectivity index (χ2v) is 6.20. The molecule has 7 nitrogen and oxygen atoms in total. The van der Waals surface area contributed by atoms with E-state index in [1.165, 1.54) is 18.3 Å². The minimum absolute atomic E-state index is 0.0147. The quantitative estimate of drug-likeness (QED) is 0.495. The smallest absolute Gasteiger partial charge is 0.269 e. The molecule has 1 unspecified atom stereocenters. The summed E-state index contributed by atoms with van der Waals surface area (Å²) in [6.45, 7) is 2.12. The first-order valence-corrected chi connectivity index (χ1v) is 8.71. The van der Waals surface area contributed by atoms with Gasteiger partial charge in [0.2, 0.25) is 5.88 Å². The number of ether oxygens (including phenoxy) is 1. The van der Waals surface area contributed by atoms with Gasteiger partial charge in [-0.1, -0.05) is 42.5 Å². The van der Waals surface area contributed by atoms with Crippen LogP contribution in [0.4, 0.5) is 5.69 Å². The molecule has 1 amide bonds. The van der Waals surface area contributed by atoms with Crippen molar-refractivity contribution in [2.45, 2.75) is 19.6 Å². The number of amides is 1. The molecule has 2 aromatic carbocycles. The Morgan fingerprint density at radius 1 is 1.14 bits per heavy atom. The Bertz CT molecular complexity index is 976. The summed E-state index contributed by atoms with van der Waals surface area (Å²) in [5.74, 6) is 0.0328. The second kappa shape index (κ2) is 8.77. The molecular weight excluding hydrogens is 358 g/mol. The minimum Gasteiger partial charge on any atom is -0.473 e. The van der Waals surface area contributed by atoms with Gasteiger partial charge in [0.1, 0.15) is 6.61 Å². The van der Waals surface area contributed by atoms with Gasteiger partial charge in [0.25, 0.3) is 11.6 Å². The van der Waals surface area contributed by atoms with E-state index in [9.17, 15) is 14.9 Å². The van der Waals surface area contributed by atoms with Gasteiger partial charge in [0.05, 0.1) is 11.0 Å². The normalized spacial score (nSPS) is 11.5. The minimum atomic E-state index is -0.461. The van der Waals surface area contributed by atoms with Crippen LogP contribution < -0.4 is 10.1 Å². The summed E-state index contributed by atoms with van der Waals surface area (Å²) < 4.78 is 5.65. The summed E-state index contributed by atoms with van der Waals surface area (Å²) in [4.78, 5) is 27.1. The average Bonchev–Trinajstić information content (AvgIpc) is 2.73. The van der Waals surface area contributed by atoms with Gasteiger partial charge in [-0.25, -0.2) is 4.98 Å². The number of hydrogen-bond donors (Lipinski definition) is 1. The summed E-state index contributed by atoms with van der Waals surface area (Å²) in [6.07, 6.45) is 1.51. The van der Waals surface area contributed by atoms with Crippen LogP contribution in [0.3, 0.4) is 0 Å². The number of carbonyl (C=O) groups is 1. The van der Waals surface area contributed by atoms with Crippen molar-refractivity contribution < 1.29 is 14.5 Å². The Morgan fingerprint density at radius 3 is 2.68 bits per heavy atom. The van der Waals surface area contributed by atoms with Crippen molar-refractivity contribution in [1.29, 1.82) is 0 Å². The Kier molecular flexibility index (Phi) is 5.96. The molecule has 0 fully saturated rings. The first-order valence-electron chi connectivity index (χ1n) is 8.71. The molecule has 3 aromatic rings. The second-order valence-electron chi connectivity index (χ2n) is 6.20. The van der Waals surface area contributed by atoms with E-state index in [0.29, 0.717) is 23.6 Å². The van der Waals surface area contributed by atoms with Crippen molar-refractivity contribution in [3.63, 3.8) is 0 Å². The van der Waals surface area contributed by atoms with Crippen molar-refractivity contribution in [3.05, 3.63) is 99.7 Å². The Morgan fingerprint density at radius 2 is 1.93 bits per heavy atom. The monoisotopic (exact) mass is 377 g/mol. The van der Waals surface area contributed by atoms with Crippen LogP contribution in [0.1, 0.15) is 34.5 Å². The van der Waals surface area contributed by atoms with Gasteiger partial charge in [-0.05, 0) is 24.1 Å². The molecule has 0 aliphatic rings. The molecular formula is C21H19N3O4. The molecule has 1 aromatic heterocycles. The molecule has 0 bridgehead atoms. The topological polar surface area (TPSA) is 94.4 Å². The third-order valence-electron chi connectivity index (χ3n) is 4.16. The Hall–Kier alpha value is -3.74. The summed E-state index contributed by atoms with van der Waals surface area (Å²) in [6, 6.07) is 18.6. The van der Waals surface area contributed by atoms with Gasteiger partial charge >= 0.3 is 0 Å². The van der Waals surface area contributed by atoms with E-state index in [-0.39, 0.29) is 11.6 Å². The van der Waals surface area contributed by atoms with Crippen molar-refractivity contribution in [2.75, 3.05) is 0 Å². The van der Waals surface area contributed by atoms with Gasteiger partial charge in [0.15, 0.2) is 0 Å². The molecule has 1 atom stereocenters. The largest absolute Gasteiger partial charge is 0.473 e. The van der Waals surface area contributed by atoms with Crippen LogP contribution in [-0.4, -0.2) is 15.8 Å². The van der Waals surface area contributed by atoms with Gasteiger partial charge in [-0.15, -0.1) is 0 Å². The number of benzene rings is 2. The molecule has 0 saturated carbocycles. The van der Waals surface area contributed by atoms with Crippen LogP contribution in [-0.2, 0) is 6.61 Å². The summed E-state index contributed by atoms with van der Waals surface area (Å²) in [5, 5.41) is 13.8. The lowest BCUT2D eigenvalue weighted by molar-refractivity contribution is -0.384. The van der Waals surface area contributed by atoms with E-state index in [4.69, 9.17) is 4.74 Å². The first-order chi connectivity index (χ1) is 13.5. The predicted octanol–water partition coefficient (Wildman–Crippen LogP) is 4.06. The number of nitrogens with zero attached hydrogens (tertiary/aromatic N) is 2. The van der Waals surface area contributed by atoms with Crippen LogP contribution in [0.2, 0.25) is 0 Å². The summed E-state index contributed by atoms with van der Waals surface area (Å²) in [5.41, 5.74) is 2.03. The average molecular weight is 377 g/mol. The number of hydrogen-bond acceptors (Lipinski definition) is 5. The van der Waals surface area contributed by atoms with Crippen molar-refractivity contribution >= 4 is 11.6 Å². The highest BCUT2D eigenvalue weighted by atomic mass is 16.6. The molecule has 28 heavy (non-hydrogen) atoms. The number of non-ortho nitro benzene ring substituents is 1. The molecule has 0 radical (unpaired) electrons. The number of pyridine rings is 1. The third-order valence-corrected chi connectivity index (χ3v) is 4.16. The fraction of sp³-hybridized carbons (Fsp3) is 0.143. The van der Waals surface area contributed by atoms with Gasteiger partial charge < -0.3 is 10.1 Å². The maximum absolute atomic E-state index is 12.5. The van der Waals surface area contributed by atoms with Crippen LogP contribution in [0, 0.1) is 10.1 Å². The van der Waals surface area contributed by atoms with Crippen molar-refractivity contribution in [2.24, 2.45) is 0 Å². The van der Waals surface area contributed by atoms with E-state index < -0.39 is 11.0 Å². The van der Waals surface area contributed by atoms with Crippen LogP contribution in [0.15, 0.2) is 72.9 Å². The van der Waals surface area contributed by atoms with Crippen molar-refractivity contribution in [1.82, 2.24) is 10.3 Å². The fourth-order valence-electron chi connectivity index (χ4n) is 2.63. The van der Waals surface area contributed by atoms with Gasteiger partial charge in [-0.3, -0.25) is 14.9 Å². The molecule has 142 valence electrons. The van der Waals surface area contributed by atoms with Gasteiger partial charge in [-0.2, -0.15) is 0 Å². The standard InChI is InChI=1S/C21H19N3O4/c1-15(17-8-5-9-19(12-17)24(26)27)23-21(25)18-10-11-22-20(13-18)28-14-16-6-3-2-4-7-16/h2-13,15H,14H2,1H3,(H,23,25). The molecule has 3 rings (SSSR count). The molecule has 1 N–H and O–H groups in total. The predicted molar refractivity (Wildman–Crippen MR) is 104 cm³/mol. The fourth-order valence-corrected chi connectivity index (χ4v) is 2.63. The van der Waals surface area contributed by atoms with Gasteiger partial charge in [0, 0.05) is 30.0 Å².